The van der Waals surface area contributed by atoms with Gasteiger partial charge in [-0.1, -0.05) is 60.7 Å². The number of benzene rings is 3. The summed E-state index contributed by atoms with van der Waals surface area (Å²) < 4.78 is 15.8. The molecule has 0 saturated heterocycles. The highest BCUT2D eigenvalue weighted by Gasteiger charge is 2.46. The standard InChI is InChI=1S/C33H31FN4O3.2H2S/c1-4-29(40)35-20-27-31-30(22-14-16-24(34)17-15-22)26(19-28(39)23-11-9-10-21(3)18-23)33(41)37(5-2)32(31)38(36-27)25-12-7-6-8-13-25;;/h4,6-18,26,30H,1,5,19-20H2,2-3H3,(H,35,40);2*1H2/t26-,30+;;/m0../s1. The topological polar surface area (TPSA) is 84.3 Å². The number of aryl methyl sites for hydroxylation is 1. The lowest BCUT2D eigenvalue weighted by Gasteiger charge is -2.38. The number of para-hydroxylation sites is 1. The van der Waals surface area contributed by atoms with Gasteiger partial charge in [0, 0.05) is 30.0 Å². The number of hydrogen-bond donors (Lipinski definition) is 1. The highest BCUT2D eigenvalue weighted by Crippen LogP contribution is 2.47. The lowest BCUT2D eigenvalue weighted by molar-refractivity contribution is -0.123. The molecule has 1 aliphatic rings. The number of ketones is 1. The Kier molecular flexibility index (Phi) is 11.1. The van der Waals surface area contributed by atoms with Crippen molar-refractivity contribution in [3.05, 3.63) is 125 Å². The third-order valence-electron chi connectivity index (χ3n) is 7.43. The van der Waals surface area contributed by atoms with Gasteiger partial charge in [-0.05, 0) is 55.8 Å². The van der Waals surface area contributed by atoms with Crippen LogP contribution in [0.1, 0.15) is 52.0 Å². The summed E-state index contributed by atoms with van der Waals surface area (Å²) in [6.07, 6.45) is 1.14. The molecule has 0 radical (unpaired) electrons. The van der Waals surface area contributed by atoms with Crippen molar-refractivity contribution in [1.82, 2.24) is 15.1 Å². The Hall–Kier alpha value is -4.15. The molecule has 2 atom stereocenters. The number of anilines is 1. The van der Waals surface area contributed by atoms with Crippen molar-refractivity contribution in [3.63, 3.8) is 0 Å². The molecule has 0 aliphatic carbocycles. The number of aromatic nitrogens is 2. The average molecular weight is 619 g/mol. The normalized spacial score (nSPS) is 15.5. The summed E-state index contributed by atoms with van der Waals surface area (Å²) in [4.78, 5) is 41.7. The zero-order valence-corrected chi connectivity index (χ0v) is 26.0. The van der Waals surface area contributed by atoms with Gasteiger partial charge in [-0.15, -0.1) is 0 Å². The smallest absolute Gasteiger partial charge is 0.243 e. The fraction of sp³-hybridized carbons (Fsp3) is 0.212. The molecule has 5 rings (SSSR count). The van der Waals surface area contributed by atoms with Gasteiger partial charge in [-0.3, -0.25) is 19.3 Å². The Morgan fingerprint density at radius 3 is 2.35 bits per heavy atom. The number of carbonyl (C=O) groups is 3. The number of carbonyl (C=O) groups excluding carboxylic acids is 3. The van der Waals surface area contributed by atoms with Gasteiger partial charge < -0.3 is 5.32 Å². The number of nitrogens with zero attached hydrogens (tertiary/aromatic N) is 3. The first-order valence-corrected chi connectivity index (χ1v) is 13.6. The minimum absolute atomic E-state index is 0. The fourth-order valence-corrected chi connectivity index (χ4v) is 5.53. The third-order valence-corrected chi connectivity index (χ3v) is 7.43. The van der Waals surface area contributed by atoms with E-state index in [2.05, 4.69) is 11.9 Å². The van der Waals surface area contributed by atoms with Crippen LogP contribution in [0.2, 0.25) is 0 Å². The van der Waals surface area contributed by atoms with Crippen LogP contribution in [0.25, 0.3) is 5.69 Å². The highest BCUT2D eigenvalue weighted by atomic mass is 32.1. The summed E-state index contributed by atoms with van der Waals surface area (Å²) >= 11 is 0. The molecular weight excluding hydrogens is 584 g/mol. The molecule has 0 bridgehead atoms. The molecule has 224 valence electrons. The van der Waals surface area contributed by atoms with E-state index >= 15 is 0 Å². The molecule has 3 aromatic carbocycles. The van der Waals surface area contributed by atoms with Crippen molar-refractivity contribution in [2.24, 2.45) is 5.92 Å². The van der Waals surface area contributed by atoms with Crippen LogP contribution in [0.3, 0.4) is 0 Å². The predicted molar refractivity (Wildman–Crippen MR) is 176 cm³/mol. The molecule has 2 heterocycles. The number of Topliss-reactive ketones (excluding diaryl/α,β-unsaturated/α-hetero) is 1. The van der Waals surface area contributed by atoms with Crippen molar-refractivity contribution in [2.75, 3.05) is 11.4 Å². The Labute approximate surface area is 264 Å². The zero-order valence-electron chi connectivity index (χ0n) is 24.0. The first kappa shape index (κ1) is 33.4. The van der Waals surface area contributed by atoms with Crippen LogP contribution >= 0.6 is 27.0 Å². The van der Waals surface area contributed by atoms with E-state index < -0.39 is 17.7 Å². The zero-order chi connectivity index (χ0) is 29.1. The summed E-state index contributed by atoms with van der Waals surface area (Å²) in [6.45, 7) is 7.74. The van der Waals surface area contributed by atoms with Crippen molar-refractivity contribution in [3.8, 4) is 5.69 Å². The molecule has 0 saturated carbocycles. The molecule has 1 N–H and O–H groups in total. The molecule has 0 unspecified atom stereocenters. The van der Waals surface area contributed by atoms with Crippen molar-refractivity contribution < 1.29 is 18.8 Å². The summed E-state index contributed by atoms with van der Waals surface area (Å²) in [7, 11) is 0. The predicted octanol–water partition coefficient (Wildman–Crippen LogP) is 5.74. The minimum atomic E-state index is -0.775. The first-order chi connectivity index (χ1) is 19.8. The molecule has 7 nitrogen and oxygen atoms in total. The number of fused-ring (bicyclic) bond motifs is 1. The van der Waals surface area contributed by atoms with Crippen LogP contribution in [0, 0.1) is 18.7 Å². The van der Waals surface area contributed by atoms with Gasteiger partial charge in [0.15, 0.2) is 5.78 Å². The number of rotatable bonds is 9. The second-order valence-electron chi connectivity index (χ2n) is 10.1. The SMILES string of the molecule is C=CC(=O)NCc1nn(-c2ccccc2)c2c1[C@H](c1ccc(F)cc1)[C@H](CC(=O)c1cccc(C)c1)C(=O)N2CC.S.S. The Morgan fingerprint density at radius 2 is 1.72 bits per heavy atom. The van der Waals surface area contributed by atoms with E-state index in [4.69, 9.17) is 5.10 Å². The maximum Gasteiger partial charge on any atom is 0.243 e. The van der Waals surface area contributed by atoms with Gasteiger partial charge in [0.05, 0.1) is 23.8 Å². The van der Waals surface area contributed by atoms with E-state index in [-0.39, 0.29) is 57.6 Å². The minimum Gasteiger partial charge on any atom is -0.347 e. The van der Waals surface area contributed by atoms with Crippen LogP contribution < -0.4 is 10.2 Å². The van der Waals surface area contributed by atoms with Crippen LogP contribution in [0.5, 0.6) is 0 Å². The Morgan fingerprint density at radius 1 is 1.02 bits per heavy atom. The number of hydrogen-bond acceptors (Lipinski definition) is 4. The van der Waals surface area contributed by atoms with E-state index in [1.807, 2.05) is 62.4 Å². The maximum absolute atomic E-state index is 14.3. The molecule has 0 spiro atoms. The molecule has 1 aromatic heterocycles. The maximum atomic E-state index is 14.3. The van der Waals surface area contributed by atoms with E-state index in [1.54, 1.807) is 27.8 Å². The van der Waals surface area contributed by atoms with E-state index in [0.717, 1.165) is 11.3 Å². The highest BCUT2D eigenvalue weighted by molar-refractivity contribution is 7.59. The largest absolute Gasteiger partial charge is 0.347 e. The quantitative estimate of drug-likeness (QED) is 0.192. The van der Waals surface area contributed by atoms with E-state index in [1.165, 1.54) is 18.2 Å². The lowest BCUT2D eigenvalue weighted by atomic mass is 9.74. The van der Waals surface area contributed by atoms with Gasteiger partial charge >= 0.3 is 0 Å². The number of amides is 2. The molecule has 1 aliphatic heterocycles. The van der Waals surface area contributed by atoms with Crippen LogP contribution in [0.4, 0.5) is 10.2 Å². The van der Waals surface area contributed by atoms with Crippen molar-refractivity contribution in [1.29, 1.82) is 0 Å². The Balaban J connectivity index is 0.00000253. The van der Waals surface area contributed by atoms with Gasteiger partial charge in [0.25, 0.3) is 0 Å². The average Bonchev–Trinajstić information content (AvgIpc) is 3.36. The number of halogens is 1. The van der Waals surface area contributed by atoms with E-state index in [0.29, 0.717) is 34.7 Å². The molecule has 10 heteroatoms. The monoisotopic (exact) mass is 618 g/mol. The first-order valence-electron chi connectivity index (χ1n) is 13.6. The van der Waals surface area contributed by atoms with Gasteiger partial charge in [0.1, 0.15) is 11.6 Å². The van der Waals surface area contributed by atoms with Crippen molar-refractivity contribution in [2.45, 2.75) is 32.7 Å². The van der Waals surface area contributed by atoms with Crippen molar-refractivity contribution >= 4 is 50.4 Å². The molecule has 0 fully saturated rings. The lowest BCUT2D eigenvalue weighted by Crippen LogP contribution is -2.45. The van der Waals surface area contributed by atoms with Gasteiger partial charge in [-0.2, -0.15) is 32.1 Å². The summed E-state index contributed by atoms with van der Waals surface area (Å²) in [5.41, 5.74) is 4.16. The summed E-state index contributed by atoms with van der Waals surface area (Å²) in [5.74, 6) is -1.95. The molecule has 43 heavy (non-hydrogen) atoms. The second kappa shape index (κ2) is 14.3. The van der Waals surface area contributed by atoms with Gasteiger partial charge in [-0.25, -0.2) is 9.07 Å². The molecule has 2 amide bonds. The third kappa shape index (κ3) is 6.76. The fourth-order valence-electron chi connectivity index (χ4n) is 5.53. The molecule has 4 aromatic rings. The summed E-state index contributed by atoms with van der Waals surface area (Å²) in [5, 5.41) is 7.71. The van der Waals surface area contributed by atoms with Crippen LogP contribution in [0.15, 0.2) is 91.5 Å². The Bertz CT molecular complexity index is 1620. The van der Waals surface area contributed by atoms with Crippen LogP contribution in [-0.4, -0.2) is 33.9 Å². The van der Waals surface area contributed by atoms with Crippen LogP contribution in [-0.2, 0) is 16.1 Å². The summed E-state index contributed by atoms with van der Waals surface area (Å²) in [6, 6.07) is 22.7. The molecular formula is C33H35FN4O3S2. The van der Waals surface area contributed by atoms with Gasteiger partial charge in [0.2, 0.25) is 11.8 Å². The number of nitrogens with one attached hydrogen (secondary N) is 1. The second-order valence-corrected chi connectivity index (χ2v) is 10.1. The van der Waals surface area contributed by atoms with E-state index in [9.17, 15) is 18.8 Å².